The van der Waals surface area contributed by atoms with E-state index in [2.05, 4.69) is 0 Å². The van der Waals surface area contributed by atoms with Gasteiger partial charge in [-0.3, -0.25) is 4.79 Å². The van der Waals surface area contributed by atoms with Crippen molar-refractivity contribution in [2.75, 3.05) is 18.1 Å². The number of hydrogen-bond donors (Lipinski definition) is 4. The number of primary amides is 1. The van der Waals surface area contributed by atoms with Gasteiger partial charge in [-0.2, -0.15) is 0 Å². The predicted octanol–water partition coefficient (Wildman–Crippen LogP) is -0.187. The number of carbonyl (C=O) groups is 1. The summed E-state index contributed by atoms with van der Waals surface area (Å²) in [5.74, 6) is -0.307. The molecule has 0 saturated heterocycles. The van der Waals surface area contributed by atoms with Gasteiger partial charge in [-0.05, 0) is 12.1 Å². The normalized spacial score (nSPS) is 12.4. The van der Waals surface area contributed by atoms with Crippen molar-refractivity contribution in [3.8, 4) is 0 Å². The molecule has 6 N–H and O–H groups in total. The van der Waals surface area contributed by atoms with E-state index in [1.807, 2.05) is 0 Å². The van der Waals surface area contributed by atoms with Crippen LogP contribution >= 0.6 is 11.8 Å². The van der Waals surface area contributed by atoms with Crippen LogP contribution in [-0.2, 0) is 0 Å². The summed E-state index contributed by atoms with van der Waals surface area (Å²) in [6.07, 6.45) is -0.842. The van der Waals surface area contributed by atoms with Crippen LogP contribution in [0.3, 0.4) is 0 Å². The topological polar surface area (TPSA) is 110 Å². The number of amides is 1. The smallest absolute Gasteiger partial charge is 0.249 e. The highest BCUT2D eigenvalue weighted by molar-refractivity contribution is 7.99. The Hall–Kier alpha value is -1.24. The zero-order chi connectivity index (χ0) is 12.1. The maximum absolute atomic E-state index is 11.1. The predicted molar refractivity (Wildman–Crippen MR) is 63.2 cm³/mol. The van der Waals surface area contributed by atoms with E-state index in [9.17, 15) is 9.90 Å². The third-order valence-electron chi connectivity index (χ3n) is 1.94. The molecule has 88 valence electrons. The minimum Gasteiger partial charge on any atom is -0.398 e. The second-order valence-corrected chi connectivity index (χ2v) is 4.27. The van der Waals surface area contributed by atoms with Gasteiger partial charge >= 0.3 is 0 Å². The van der Waals surface area contributed by atoms with Gasteiger partial charge < -0.3 is 21.7 Å². The monoisotopic (exact) mass is 242 g/mol. The molecule has 0 bridgehead atoms. The van der Waals surface area contributed by atoms with Crippen molar-refractivity contribution in [1.29, 1.82) is 0 Å². The Balaban J connectivity index is 2.88. The SMILES string of the molecule is NC(=O)c1cccc(N)c1SCC(O)CO. The van der Waals surface area contributed by atoms with Crippen molar-refractivity contribution < 1.29 is 15.0 Å². The van der Waals surface area contributed by atoms with Crippen LogP contribution in [0.4, 0.5) is 5.69 Å². The van der Waals surface area contributed by atoms with Gasteiger partial charge in [-0.15, -0.1) is 11.8 Å². The lowest BCUT2D eigenvalue weighted by Gasteiger charge is -2.11. The Morgan fingerprint density at radius 1 is 1.50 bits per heavy atom. The molecule has 1 unspecified atom stereocenters. The Morgan fingerprint density at radius 3 is 2.75 bits per heavy atom. The lowest BCUT2D eigenvalue weighted by atomic mass is 10.2. The van der Waals surface area contributed by atoms with Crippen molar-refractivity contribution in [3.63, 3.8) is 0 Å². The minimum atomic E-state index is -0.842. The van der Waals surface area contributed by atoms with Crippen LogP contribution in [-0.4, -0.2) is 34.6 Å². The number of rotatable bonds is 5. The standard InChI is InChI=1S/C10H14N2O3S/c11-8-3-1-2-7(10(12)15)9(8)16-5-6(14)4-13/h1-3,6,13-14H,4-5,11H2,(H2,12,15). The second-order valence-electron chi connectivity index (χ2n) is 3.24. The zero-order valence-corrected chi connectivity index (χ0v) is 9.41. The third kappa shape index (κ3) is 3.13. The molecular formula is C10H14N2O3S. The van der Waals surface area contributed by atoms with E-state index in [1.165, 1.54) is 11.8 Å². The van der Waals surface area contributed by atoms with E-state index in [1.54, 1.807) is 18.2 Å². The van der Waals surface area contributed by atoms with E-state index in [0.29, 0.717) is 16.1 Å². The Bertz CT molecular complexity index is 384. The molecule has 0 spiro atoms. The molecule has 6 heteroatoms. The Labute approximate surface area is 97.4 Å². The number of hydrogen-bond acceptors (Lipinski definition) is 5. The third-order valence-corrected chi connectivity index (χ3v) is 3.24. The number of anilines is 1. The van der Waals surface area contributed by atoms with Gasteiger partial charge in [0.25, 0.3) is 0 Å². The maximum atomic E-state index is 11.1. The van der Waals surface area contributed by atoms with Gasteiger partial charge in [0.2, 0.25) is 5.91 Å². The molecule has 1 rings (SSSR count). The van der Waals surface area contributed by atoms with Gasteiger partial charge in [-0.25, -0.2) is 0 Å². The van der Waals surface area contributed by atoms with Crippen LogP contribution in [0.1, 0.15) is 10.4 Å². The molecule has 0 aliphatic heterocycles. The van der Waals surface area contributed by atoms with E-state index >= 15 is 0 Å². The highest BCUT2D eigenvalue weighted by Gasteiger charge is 2.13. The van der Waals surface area contributed by atoms with Crippen LogP contribution in [0.25, 0.3) is 0 Å². The summed E-state index contributed by atoms with van der Waals surface area (Å²) in [5, 5.41) is 17.9. The fourth-order valence-corrected chi connectivity index (χ4v) is 2.17. The first-order valence-corrected chi connectivity index (χ1v) is 5.64. The first-order valence-electron chi connectivity index (χ1n) is 4.66. The van der Waals surface area contributed by atoms with E-state index < -0.39 is 12.0 Å². The Morgan fingerprint density at radius 2 is 2.19 bits per heavy atom. The molecule has 0 saturated carbocycles. The number of nitrogen functional groups attached to an aromatic ring is 1. The van der Waals surface area contributed by atoms with Crippen LogP contribution in [0, 0.1) is 0 Å². The summed E-state index contributed by atoms with van der Waals surface area (Å²) in [6.45, 7) is -0.328. The molecular weight excluding hydrogens is 228 g/mol. The molecule has 16 heavy (non-hydrogen) atoms. The summed E-state index contributed by atoms with van der Waals surface area (Å²) < 4.78 is 0. The largest absolute Gasteiger partial charge is 0.398 e. The average molecular weight is 242 g/mol. The first kappa shape index (κ1) is 12.8. The van der Waals surface area contributed by atoms with Crippen molar-refractivity contribution in [2.45, 2.75) is 11.0 Å². The molecule has 1 amide bonds. The first-order chi connectivity index (χ1) is 7.56. The summed E-state index contributed by atoms with van der Waals surface area (Å²) in [4.78, 5) is 11.7. The van der Waals surface area contributed by atoms with Crippen molar-refractivity contribution in [1.82, 2.24) is 0 Å². The van der Waals surface area contributed by atoms with Gasteiger partial charge in [0.15, 0.2) is 0 Å². The average Bonchev–Trinajstić information content (AvgIpc) is 2.26. The van der Waals surface area contributed by atoms with Crippen LogP contribution in [0.15, 0.2) is 23.1 Å². The molecule has 5 nitrogen and oxygen atoms in total. The molecule has 1 atom stereocenters. The number of benzene rings is 1. The molecule has 0 heterocycles. The van der Waals surface area contributed by atoms with Crippen LogP contribution in [0.2, 0.25) is 0 Å². The molecule has 0 fully saturated rings. The van der Waals surface area contributed by atoms with Gasteiger partial charge in [-0.1, -0.05) is 6.07 Å². The summed E-state index contributed by atoms with van der Waals surface area (Å²) in [6, 6.07) is 4.87. The number of nitrogens with two attached hydrogens (primary N) is 2. The van der Waals surface area contributed by atoms with E-state index in [0.717, 1.165) is 0 Å². The maximum Gasteiger partial charge on any atom is 0.249 e. The summed E-state index contributed by atoms with van der Waals surface area (Å²) >= 11 is 1.20. The highest BCUT2D eigenvalue weighted by Crippen LogP contribution is 2.29. The second kappa shape index (κ2) is 5.74. The van der Waals surface area contributed by atoms with Crippen LogP contribution in [0.5, 0.6) is 0 Å². The fraction of sp³-hybridized carbons (Fsp3) is 0.300. The number of carbonyl (C=O) groups excluding carboxylic acids is 1. The Kier molecular flexibility index (Phi) is 4.60. The van der Waals surface area contributed by atoms with E-state index in [4.69, 9.17) is 16.6 Å². The zero-order valence-electron chi connectivity index (χ0n) is 8.59. The number of aliphatic hydroxyl groups is 2. The molecule has 0 aliphatic rings. The summed E-state index contributed by atoms with van der Waals surface area (Å²) in [5.41, 5.74) is 11.7. The number of thioether (sulfide) groups is 1. The van der Waals surface area contributed by atoms with Crippen molar-refractivity contribution in [2.24, 2.45) is 5.73 Å². The molecule has 0 radical (unpaired) electrons. The molecule has 1 aromatic rings. The van der Waals surface area contributed by atoms with Crippen molar-refractivity contribution >= 4 is 23.4 Å². The van der Waals surface area contributed by atoms with Gasteiger partial charge in [0.1, 0.15) is 0 Å². The van der Waals surface area contributed by atoms with Crippen LogP contribution < -0.4 is 11.5 Å². The number of aliphatic hydroxyl groups excluding tert-OH is 2. The molecule has 0 aliphatic carbocycles. The summed E-state index contributed by atoms with van der Waals surface area (Å²) in [7, 11) is 0. The van der Waals surface area contributed by atoms with Crippen molar-refractivity contribution in [3.05, 3.63) is 23.8 Å². The highest BCUT2D eigenvalue weighted by atomic mass is 32.2. The lowest BCUT2D eigenvalue weighted by molar-refractivity contribution is 0.0997. The van der Waals surface area contributed by atoms with Gasteiger partial charge in [0.05, 0.1) is 18.3 Å². The van der Waals surface area contributed by atoms with Gasteiger partial charge in [0, 0.05) is 16.3 Å². The quantitative estimate of drug-likeness (QED) is 0.423. The molecule has 0 aromatic heterocycles. The fourth-order valence-electron chi connectivity index (χ4n) is 1.14. The van der Waals surface area contributed by atoms with E-state index in [-0.39, 0.29) is 12.4 Å². The minimum absolute atomic E-state index is 0.255. The lowest BCUT2D eigenvalue weighted by Crippen LogP contribution is -2.17. The molecule has 1 aromatic carbocycles.